The van der Waals surface area contributed by atoms with Crippen LogP contribution in [0.2, 0.25) is 5.15 Å². The predicted molar refractivity (Wildman–Crippen MR) is 126 cm³/mol. The van der Waals surface area contributed by atoms with Crippen molar-refractivity contribution in [1.82, 2.24) is 24.8 Å². The first-order valence-electron chi connectivity index (χ1n) is 10.5. The van der Waals surface area contributed by atoms with Crippen LogP contribution in [-0.4, -0.2) is 59.5 Å². The second-order valence-electron chi connectivity index (χ2n) is 7.56. The molecule has 0 atom stereocenters. The molecule has 2 amide bonds. The van der Waals surface area contributed by atoms with Gasteiger partial charge in [-0.25, -0.2) is 24.1 Å². The quantitative estimate of drug-likeness (QED) is 0.484. The number of rotatable bonds is 8. The lowest BCUT2D eigenvalue weighted by molar-refractivity contribution is 0.247. The number of alkyl halides is 1. The highest BCUT2D eigenvalue weighted by molar-refractivity contribution is 7.16. The number of anilines is 2. The van der Waals surface area contributed by atoms with Crippen LogP contribution < -0.4 is 19.9 Å². The van der Waals surface area contributed by atoms with E-state index in [0.717, 1.165) is 34.9 Å². The number of hydrogen-bond donors (Lipinski definition) is 1. The minimum Gasteiger partial charge on any atom is -0.493 e. The zero-order valence-corrected chi connectivity index (χ0v) is 20.0. The van der Waals surface area contributed by atoms with E-state index in [4.69, 9.17) is 16.3 Å². The number of thiazole rings is 1. The molecule has 0 aliphatic carbocycles. The maximum atomic E-state index is 12.6. The number of methoxy groups -OCH3 is 1. The summed E-state index contributed by atoms with van der Waals surface area (Å²) in [5.41, 5.74) is 2.75. The number of carbonyl (C=O) groups is 1. The first kappa shape index (κ1) is 23.2. The Kier molecular flexibility index (Phi) is 7.29. The first-order valence-corrected chi connectivity index (χ1v) is 11.7. The number of fused-ring (bicyclic) bond motifs is 1. The van der Waals surface area contributed by atoms with Gasteiger partial charge in [0.2, 0.25) is 0 Å². The summed E-state index contributed by atoms with van der Waals surface area (Å²) in [5.74, 6) is 0.538. The smallest absolute Gasteiger partial charge is 0.323 e. The average molecular weight is 494 g/mol. The molecule has 1 aliphatic rings. The Morgan fingerprint density at radius 2 is 2.27 bits per heavy atom. The van der Waals surface area contributed by atoms with E-state index in [1.54, 1.807) is 37.4 Å². The minimum absolute atomic E-state index is 0.229. The largest absolute Gasteiger partial charge is 0.493 e. The van der Waals surface area contributed by atoms with E-state index in [1.807, 2.05) is 6.07 Å². The van der Waals surface area contributed by atoms with Crippen LogP contribution in [0, 0.1) is 0 Å². The second-order valence-corrected chi connectivity index (χ2v) is 8.98. The Morgan fingerprint density at radius 3 is 3.06 bits per heavy atom. The van der Waals surface area contributed by atoms with E-state index < -0.39 is 6.67 Å². The second kappa shape index (κ2) is 10.3. The van der Waals surface area contributed by atoms with Crippen molar-refractivity contribution in [2.24, 2.45) is 0 Å². The summed E-state index contributed by atoms with van der Waals surface area (Å²) in [7, 11) is 3.28. The number of ether oxygens (including phenoxy) is 1. The van der Waals surface area contributed by atoms with E-state index in [-0.39, 0.29) is 12.6 Å². The molecule has 0 spiro atoms. The van der Waals surface area contributed by atoms with Gasteiger partial charge in [0.15, 0.2) is 16.0 Å². The van der Waals surface area contributed by atoms with Crippen LogP contribution in [0.15, 0.2) is 24.8 Å². The van der Waals surface area contributed by atoms with E-state index in [2.05, 4.69) is 25.2 Å². The molecule has 0 aromatic carbocycles. The van der Waals surface area contributed by atoms with Gasteiger partial charge in [-0.15, -0.1) is 0 Å². The van der Waals surface area contributed by atoms with Gasteiger partial charge in [-0.1, -0.05) is 22.9 Å². The highest BCUT2D eigenvalue weighted by Crippen LogP contribution is 2.34. The number of carbonyl (C=O) groups excluding carboxylic acids is 1. The van der Waals surface area contributed by atoms with Crippen molar-refractivity contribution in [1.29, 1.82) is 0 Å². The number of nitrogens with zero attached hydrogens (tertiary/aromatic N) is 6. The Balaban J connectivity index is 1.34. The molecular weight excluding hydrogens is 469 g/mol. The fourth-order valence-electron chi connectivity index (χ4n) is 3.54. The highest BCUT2D eigenvalue weighted by Gasteiger charge is 2.24. The molecule has 1 N–H and O–H groups in total. The molecule has 1 aliphatic heterocycles. The topological polar surface area (TPSA) is 88.4 Å². The summed E-state index contributed by atoms with van der Waals surface area (Å²) in [6.45, 7) is 1.75. The number of halogens is 2. The summed E-state index contributed by atoms with van der Waals surface area (Å²) < 4.78 is 19.4. The van der Waals surface area contributed by atoms with Gasteiger partial charge >= 0.3 is 6.03 Å². The Hall–Kier alpha value is -2.92. The lowest BCUT2D eigenvalue weighted by atomic mass is 10.1. The highest BCUT2D eigenvalue weighted by atomic mass is 35.5. The van der Waals surface area contributed by atoms with Crippen molar-refractivity contribution in [3.8, 4) is 5.75 Å². The van der Waals surface area contributed by atoms with E-state index in [0.29, 0.717) is 35.5 Å². The van der Waals surface area contributed by atoms with Gasteiger partial charge in [0, 0.05) is 50.1 Å². The molecule has 9 nitrogen and oxygen atoms in total. The molecule has 4 heterocycles. The lowest BCUT2D eigenvalue weighted by Crippen LogP contribution is -2.38. The number of aryl methyl sites for hydroxylation is 1. The SMILES string of the molecule is COc1cc(N2CCc3nc(N(C)C(=O)NCCc4cn(CCF)cn4)sc3C2)cnc1Cl. The summed E-state index contributed by atoms with van der Waals surface area (Å²) in [6.07, 6.45) is 6.47. The van der Waals surface area contributed by atoms with Crippen LogP contribution in [0.4, 0.5) is 20.0 Å². The molecular formula is C21H25ClFN7O2S. The normalized spacial score (nSPS) is 13.0. The van der Waals surface area contributed by atoms with Crippen LogP contribution >= 0.6 is 22.9 Å². The van der Waals surface area contributed by atoms with Crippen molar-refractivity contribution in [3.05, 3.63) is 46.2 Å². The molecule has 0 unspecified atom stereocenters. The van der Waals surface area contributed by atoms with Gasteiger partial charge in [-0.2, -0.15) is 0 Å². The molecule has 33 heavy (non-hydrogen) atoms. The number of amides is 2. The van der Waals surface area contributed by atoms with Crippen molar-refractivity contribution in [2.75, 3.05) is 43.7 Å². The zero-order valence-electron chi connectivity index (χ0n) is 18.4. The molecule has 0 fully saturated rings. The summed E-state index contributed by atoms with van der Waals surface area (Å²) in [5, 5.41) is 3.87. The Labute approximate surface area is 200 Å². The molecule has 4 rings (SSSR count). The number of hydrogen-bond acceptors (Lipinski definition) is 7. The molecule has 0 saturated carbocycles. The van der Waals surface area contributed by atoms with Crippen LogP contribution in [0.25, 0.3) is 0 Å². The maximum absolute atomic E-state index is 12.6. The fourth-order valence-corrected chi connectivity index (χ4v) is 4.80. The van der Waals surface area contributed by atoms with Gasteiger partial charge in [0.05, 0.1) is 49.8 Å². The first-order chi connectivity index (χ1) is 16.0. The third-order valence-electron chi connectivity index (χ3n) is 5.38. The number of imidazole rings is 1. The number of urea groups is 1. The van der Waals surface area contributed by atoms with Crippen LogP contribution in [0.1, 0.15) is 16.3 Å². The lowest BCUT2D eigenvalue weighted by Gasteiger charge is -2.28. The van der Waals surface area contributed by atoms with E-state index in [9.17, 15) is 9.18 Å². The third kappa shape index (κ3) is 5.36. The van der Waals surface area contributed by atoms with Crippen LogP contribution in [-0.2, 0) is 25.9 Å². The molecule has 3 aromatic heterocycles. The molecule has 0 radical (unpaired) electrons. The van der Waals surface area contributed by atoms with Gasteiger partial charge in [-0.3, -0.25) is 4.90 Å². The predicted octanol–water partition coefficient (Wildman–Crippen LogP) is 3.32. The molecule has 0 saturated heterocycles. The summed E-state index contributed by atoms with van der Waals surface area (Å²) in [6, 6.07) is 1.65. The van der Waals surface area contributed by atoms with Crippen molar-refractivity contribution in [2.45, 2.75) is 25.9 Å². The Bertz CT molecular complexity index is 1120. The van der Waals surface area contributed by atoms with Crippen LogP contribution in [0.5, 0.6) is 5.75 Å². The number of pyridine rings is 1. The monoisotopic (exact) mass is 493 g/mol. The Morgan fingerprint density at radius 1 is 1.42 bits per heavy atom. The third-order valence-corrected chi connectivity index (χ3v) is 6.82. The maximum Gasteiger partial charge on any atom is 0.323 e. The van der Waals surface area contributed by atoms with E-state index >= 15 is 0 Å². The van der Waals surface area contributed by atoms with E-state index in [1.165, 1.54) is 16.2 Å². The summed E-state index contributed by atoms with van der Waals surface area (Å²) in [4.78, 5) is 30.5. The molecule has 3 aromatic rings. The van der Waals surface area contributed by atoms with Gasteiger partial charge in [-0.05, 0) is 0 Å². The van der Waals surface area contributed by atoms with Gasteiger partial charge < -0.3 is 19.5 Å². The standard InChI is InChI=1S/C21H25ClFN7O2S/c1-28(20(31)24-6-3-14-11-29(8-5-23)13-26-14)21-27-16-4-7-30(12-18(16)33-21)15-9-17(32-2)19(22)25-10-15/h9-11,13H,3-8,12H2,1-2H3,(H,24,31). The summed E-state index contributed by atoms with van der Waals surface area (Å²) >= 11 is 7.55. The van der Waals surface area contributed by atoms with Gasteiger partial charge in [0.1, 0.15) is 6.67 Å². The van der Waals surface area contributed by atoms with Crippen LogP contribution in [0.3, 0.4) is 0 Å². The van der Waals surface area contributed by atoms with Crippen molar-refractivity contribution >= 4 is 39.8 Å². The molecule has 0 bridgehead atoms. The van der Waals surface area contributed by atoms with Crippen molar-refractivity contribution < 1.29 is 13.9 Å². The molecule has 176 valence electrons. The zero-order chi connectivity index (χ0) is 23.4. The van der Waals surface area contributed by atoms with Gasteiger partial charge in [0.25, 0.3) is 0 Å². The fraction of sp³-hybridized carbons (Fsp3) is 0.429. The number of aromatic nitrogens is 4. The minimum atomic E-state index is -0.433. The average Bonchev–Trinajstić information content (AvgIpc) is 3.45. The van der Waals surface area contributed by atoms with Crippen molar-refractivity contribution in [3.63, 3.8) is 0 Å². The molecule has 12 heteroatoms. The number of nitrogens with one attached hydrogen (secondary N) is 1.